The number of likely N-dealkylation sites (N-methyl/N-ethyl adjacent to an activating group) is 1. The Labute approximate surface area is 188 Å². The van der Waals surface area contributed by atoms with Gasteiger partial charge < -0.3 is 19.9 Å². The van der Waals surface area contributed by atoms with Crippen molar-refractivity contribution in [2.24, 2.45) is 0 Å². The second-order valence-corrected chi connectivity index (χ2v) is 7.93. The number of ether oxygens (including phenoxy) is 1. The lowest BCUT2D eigenvalue weighted by atomic mass is 10.1. The fraction of sp³-hybridized carbons (Fsp3) is 0.280. The lowest BCUT2D eigenvalue weighted by Gasteiger charge is -2.35. The fourth-order valence-electron chi connectivity index (χ4n) is 4.26. The van der Waals surface area contributed by atoms with E-state index in [4.69, 9.17) is 4.74 Å². The van der Waals surface area contributed by atoms with Gasteiger partial charge in [-0.1, -0.05) is 6.92 Å². The number of nitrogens with zero attached hydrogens (tertiary/aromatic N) is 5. The minimum atomic E-state index is 0.592. The second-order valence-electron chi connectivity index (χ2n) is 7.93. The van der Waals surface area contributed by atoms with Crippen molar-refractivity contribution in [3.63, 3.8) is 0 Å². The molecule has 32 heavy (non-hydrogen) atoms. The molecule has 0 saturated carbocycles. The number of imidazole rings is 1. The molecule has 1 fully saturated rings. The van der Waals surface area contributed by atoms with Crippen molar-refractivity contribution in [2.45, 2.75) is 6.92 Å². The molecule has 1 aliphatic rings. The molecule has 4 aromatic rings. The maximum atomic E-state index is 5.28. The molecule has 0 aliphatic carbocycles. The molecule has 164 valence electrons. The number of rotatable bonds is 6. The van der Waals surface area contributed by atoms with Crippen molar-refractivity contribution in [3.05, 3.63) is 67.1 Å². The van der Waals surface area contributed by atoms with E-state index in [-0.39, 0.29) is 0 Å². The van der Waals surface area contributed by atoms with Gasteiger partial charge in [-0.05, 0) is 49.0 Å². The predicted octanol–water partition coefficient (Wildman–Crippen LogP) is 4.29. The van der Waals surface area contributed by atoms with Crippen LogP contribution < -0.4 is 15.0 Å². The van der Waals surface area contributed by atoms with Gasteiger partial charge in [0.05, 0.1) is 18.5 Å². The van der Waals surface area contributed by atoms with Gasteiger partial charge in [0, 0.05) is 67.8 Å². The van der Waals surface area contributed by atoms with E-state index in [1.54, 1.807) is 13.3 Å². The maximum Gasteiger partial charge on any atom is 0.213 e. The number of hydrogen-bond donors (Lipinski definition) is 1. The first-order valence-corrected chi connectivity index (χ1v) is 11.1. The van der Waals surface area contributed by atoms with Crippen LogP contribution >= 0.6 is 0 Å². The van der Waals surface area contributed by atoms with Crippen LogP contribution in [0.2, 0.25) is 0 Å². The highest BCUT2D eigenvalue weighted by molar-refractivity contribution is 5.78. The summed E-state index contributed by atoms with van der Waals surface area (Å²) in [6, 6.07) is 16.8. The third-order valence-corrected chi connectivity index (χ3v) is 6.12. The normalized spacial score (nSPS) is 14.6. The number of nitrogens with one attached hydrogen (secondary N) is 1. The van der Waals surface area contributed by atoms with E-state index in [1.807, 2.05) is 24.5 Å². The summed E-state index contributed by atoms with van der Waals surface area (Å²) in [5, 5.41) is 3.53. The number of fused-ring (bicyclic) bond motifs is 1. The van der Waals surface area contributed by atoms with Crippen LogP contribution in [0.25, 0.3) is 16.9 Å². The number of benzene rings is 1. The third kappa shape index (κ3) is 3.99. The van der Waals surface area contributed by atoms with Gasteiger partial charge in [0.1, 0.15) is 0 Å². The monoisotopic (exact) mass is 428 g/mol. The summed E-state index contributed by atoms with van der Waals surface area (Å²) < 4.78 is 7.36. The molecule has 4 heterocycles. The molecule has 0 atom stereocenters. The van der Waals surface area contributed by atoms with Gasteiger partial charge in [0.15, 0.2) is 5.65 Å². The number of piperazine rings is 1. The smallest absolute Gasteiger partial charge is 0.213 e. The molecule has 7 heteroatoms. The van der Waals surface area contributed by atoms with Crippen molar-refractivity contribution >= 4 is 22.7 Å². The van der Waals surface area contributed by atoms with Crippen molar-refractivity contribution in [1.82, 2.24) is 19.3 Å². The summed E-state index contributed by atoms with van der Waals surface area (Å²) in [6.07, 6.45) is 5.55. The Kier molecular flexibility index (Phi) is 5.64. The first-order chi connectivity index (χ1) is 15.7. The molecule has 1 aromatic carbocycles. The molecule has 1 N–H and O–H groups in total. The molecule has 5 rings (SSSR count). The Hall–Kier alpha value is -3.58. The first-order valence-electron chi connectivity index (χ1n) is 11.1. The highest BCUT2D eigenvalue weighted by Crippen LogP contribution is 2.29. The molecule has 0 amide bonds. The average Bonchev–Trinajstić information content (AvgIpc) is 3.35. The number of hydrogen-bond acceptors (Lipinski definition) is 6. The number of methoxy groups -OCH3 is 1. The molecule has 7 nitrogen and oxygen atoms in total. The summed E-state index contributed by atoms with van der Waals surface area (Å²) in [5.74, 6) is 0.592. The quantitative estimate of drug-likeness (QED) is 0.494. The zero-order valence-corrected chi connectivity index (χ0v) is 18.5. The van der Waals surface area contributed by atoms with E-state index in [0.29, 0.717) is 5.88 Å². The van der Waals surface area contributed by atoms with Crippen molar-refractivity contribution in [3.8, 4) is 17.1 Å². The van der Waals surface area contributed by atoms with Gasteiger partial charge >= 0.3 is 0 Å². The Balaban J connectivity index is 1.36. The minimum Gasteiger partial charge on any atom is -0.481 e. The van der Waals surface area contributed by atoms with Crippen molar-refractivity contribution in [1.29, 1.82) is 0 Å². The summed E-state index contributed by atoms with van der Waals surface area (Å²) in [4.78, 5) is 13.8. The molecule has 0 bridgehead atoms. The summed E-state index contributed by atoms with van der Waals surface area (Å²) in [6.45, 7) is 7.78. The lowest BCUT2D eigenvalue weighted by molar-refractivity contribution is 0.271. The zero-order valence-electron chi connectivity index (χ0n) is 18.5. The first kappa shape index (κ1) is 20.3. The van der Waals surface area contributed by atoms with E-state index in [9.17, 15) is 0 Å². The predicted molar refractivity (Wildman–Crippen MR) is 129 cm³/mol. The maximum absolute atomic E-state index is 5.28. The number of pyridine rings is 2. The molecule has 3 aromatic heterocycles. The van der Waals surface area contributed by atoms with E-state index >= 15 is 0 Å². The van der Waals surface area contributed by atoms with Gasteiger partial charge in [-0.25, -0.2) is 9.97 Å². The standard InChI is InChI=1S/C25H28N6O/c1-3-29-14-16-30(17-15-29)21-6-4-20(5-7-21)28-22-8-9-23(31-13-12-27-25(22)31)19-10-11-26-24(18-19)32-2/h4-13,18,28H,3,14-17H2,1-2H3. The molecular formula is C25H28N6O. The number of aromatic nitrogens is 3. The number of anilines is 3. The fourth-order valence-corrected chi connectivity index (χ4v) is 4.26. The van der Waals surface area contributed by atoms with E-state index < -0.39 is 0 Å². The van der Waals surface area contributed by atoms with Crippen LogP contribution in [0.4, 0.5) is 17.1 Å². The molecule has 0 unspecified atom stereocenters. The Morgan fingerprint density at radius 1 is 0.938 bits per heavy atom. The van der Waals surface area contributed by atoms with Crippen molar-refractivity contribution < 1.29 is 4.74 Å². The van der Waals surface area contributed by atoms with Crippen LogP contribution in [-0.4, -0.2) is 59.1 Å². The Morgan fingerprint density at radius 2 is 1.75 bits per heavy atom. The third-order valence-electron chi connectivity index (χ3n) is 6.12. The van der Waals surface area contributed by atoms with E-state index in [0.717, 1.165) is 61.0 Å². The largest absolute Gasteiger partial charge is 0.481 e. The summed E-state index contributed by atoms with van der Waals surface area (Å²) in [5.41, 5.74) is 6.22. The molecule has 1 saturated heterocycles. The second kappa shape index (κ2) is 8.88. The van der Waals surface area contributed by atoms with Gasteiger partial charge in [0.2, 0.25) is 5.88 Å². The summed E-state index contributed by atoms with van der Waals surface area (Å²) >= 11 is 0. The lowest BCUT2D eigenvalue weighted by Crippen LogP contribution is -2.46. The van der Waals surface area contributed by atoms with Gasteiger partial charge in [-0.15, -0.1) is 0 Å². The highest BCUT2D eigenvalue weighted by atomic mass is 16.5. The molecular weight excluding hydrogens is 400 g/mol. The zero-order chi connectivity index (χ0) is 21.9. The van der Waals surface area contributed by atoms with E-state index in [2.05, 4.69) is 72.8 Å². The molecule has 0 radical (unpaired) electrons. The molecule has 1 aliphatic heterocycles. The highest BCUT2D eigenvalue weighted by Gasteiger charge is 2.16. The van der Waals surface area contributed by atoms with Gasteiger partial charge in [-0.2, -0.15) is 0 Å². The van der Waals surface area contributed by atoms with Crippen molar-refractivity contribution in [2.75, 3.05) is 50.1 Å². The Bertz CT molecular complexity index is 1190. The van der Waals surface area contributed by atoms with E-state index in [1.165, 1.54) is 5.69 Å². The van der Waals surface area contributed by atoms with Crippen LogP contribution in [0.3, 0.4) is 0 Å². The van der Waals surface area contributed by atoms with Gasteiger partial charge in [-0.3, -0.25) is 4.40 Å². The van der Waals surface area contributed by atoms with Crippen LogP contribution in [0.1, 0.15) is 6.92 Å². The summed E-state index contributed by atoms with van der Waals surface area (Å²) in [7, 11) is 1.63. The SMILES string of the molecule is CCN1CCN(c2ccc(Nc3ccc(-c4ccnc(OC)c4)n4ccnc34)cc2)CC1. The average molecular weight is 429 g/mol. The van der Waals surface area contributed by atoms with Crippen LogP contribution in [0.15, 0.2) is 67.1 Å². The van der Waals surface area contributed by atoms with Gasteiger partial charge in [0.25, 0.3) is 0 Å². The molecule has 0 spiro atoms. The van der Waals surface area contributed by atoms with Crippen LogP contribution in [0, 0.1) is 0 Å². The van der Waals surface area contributed by atoms with Crippen LogP contribution in [-0.2, 0) is 0 Å². The topological polar surface area (TPSA) is 57.9 Å². The Morgan fingerprint density at radius 3 is 2.50 bits per heavy atom. The van der Waals surface area contributed by atoms with Crippen LogP contribution in [0.5, 0.6) is 5.88 Å². The minimum absolute atomic E-state index is 0.592.